The Morgan fingerprint density at radius 1 is 2.00 bits per heavy atom. The van der Waals surface area contributed by atoms with Gasteiger partial charge in [-0.3, -0.25) is 0 Å². The Kier molecular flexibility index (Phi) is 3.95. The fourth-order valence-corrected chi connectivity index (χ4v) is 0. The first-order valence-electron chi connectivity index (χ1n) is 1.32. The van der Waals surface area contributed by atoms with Crippen LogP contribution in [0, 0.1) is 0 Å². The average molecular weight is 232 g/mol. The Morgan fingerprint density at radius 3 is 2.25 bits per heavy atom. The summed E-state index contributed by atoms with van der Waals surface area (Å²) in [5, 5.41) is 0. The minimum absolute atomic E-state index is 1.21. The van der Waals surface area contributed by atoms with Gasteiger partial charge in [-0.15, -0.1) is 0 Å². The molecule has 0 nitrogen and oxygen atoms in total. The van der Waals surface area contributed by atoms with Crippen LogP contribution in [-0.4, -0.2) is 4.57 Å². The second kappa shape index (κ2) is 3.51. The minimum atomic E-state index is 1.21. The molecule has 26 valence electrons. The summed E-state index contributed by atoms with van der Waals surface area (Å²) in [4.78, 5) is 0. The van der Waals surface area contributed by atoms with Gasteiger partial charge in [-0.25, -0.2) is 0 Å². The molecule has 0 fully saturated rings. The summed E-state index contributed by atoms with van der Waals surface area (Å²) in [6.45, 7) is 2.13. The van der Waals surface area contributed by atoms with Gasteiger partial charge in [-0.2, -0.15) is 0 Å². The Bertz CT molecular complexity index is 17.2. The van der Waals surface area contributed by atoms with Gasteiger partial charge < -0.3 is 0 Å². The summed E-state index contributed by atoms with van der Waals surface area (Å²) < 4.78 is 2.15. The molecule has 0 N–H and O–H groups in total. The van der Waals surface area contributed by atoms with E-state index in [1.807, 2.05) is 18.1 Å². The van der Waals surface area contributed by atoms with Gasteiger partial charge in [0.05, 0.1) is 0 Å². The van der Waals surface area contributed by atoms with Gasteiger partial charge in [0.15, 0.2) is 0 Å². The first-order valence-corrected chi connectivity index (χ1v) is 2.79. The van der Waals surface area contributed by atoms with Gasteiger partial charge in [-0.05, 0) is 0 Å². The molecule has 4 heavy (non-hydrogen) atoms. The quantitative estimate of drug-likeness (QED) is 0.626. The Morgan fingerprint density at radius 2 is 2.25 bits per heavy atom. The van der Waals surface area contributed by atoms with E-state index >= 15 is 0 Å². The second-order valence-corrected chi connectivity index (χ2v) is 1.59. The van der Waals surface area contributed by atoms with Gasteiger partial charge in [0.25, 0.3) is 0 Å². The van der Waals surface area contributed by atoms with E-state index in [4.69, 9.17) is 0 Å². The van der Waals surface area contributed by atoms with E-state index < -0.39 is 0 Å². The Hall–Kier alpha value is 0.506. The Labute approximate surface area is 36.6 Å². The number of rotatable bonds is 1. The van der Waals surface area contributed by atoms with Crippen LogP contribution in [0.25, 0.3) is 0 Å². The van der Waals surface area contributed by atoms with Crippen molar-refractivity contribution in [3.63, 3.8) is 0 Å². The van der Waals surface area contributed by atoms with Crippen LogP contribution in [0.15, 0.2) is 0 Å². The van der Waals surface area contributed by atoms with Crippen molar-refractivity contribution in [2.24, 2.45) is 0 Å². The van der Waals surface area contributed by atoms with Gasteiger partial charge in [0, 0.05) is 0 Å². The first-order chi connectivity index (χ1) is 1.91. The van der Waals surface area contributed by atoms with E-state index in [-0.39, 0.29) is 0 Å². The summed E-state index contributed by atoms with van der Waals surface area (Å²) in [5.74, 6) is 0. The van der Waals surface area contributed by atoms with Crippen molar-refractivity contribution in [3.05, 3.63) is 0 Å². The third-order valence-electron chi connectivity index (χ3n) is 0.144. The predicted octanol–water partition coefficient (Wildman–Crippen LogP) is 0.745. The van der Waals surface area contributed by atoms with E-state index in [1.54, 1.807) is 0 Å². The molecule has 0 aliphatic heterocycles. The molecule has 0 rings (SSSR count). The first kappa shape index (κ1) is 4.51. The number of hydrogen-bond donors (Lipinski definition) is 0. The van der Waals surface area contributed by atoms with Crippen molar-refractivity contribution in [2.45, 2.75) is 13.3 Å². The summed E-state index contributed by atoms with van der Waals surface area (Å²) in [7, 11) is 0. The molecule has 0 unspecified atom stereocenters. The maximum atomic E-state index is 2.15. The molecule has 0 amide bonds. The van der Waals surface area contributed by atoms with Crippen molar-refractivity contribution in [1.82, 2.24) is 0 Å². The van der Waals surface area contributed by atoms with Crippen molar-refractivity contribution in [2.75, 3.05) is 0 Å². The van der Waals surface area contributed by atoms with E-state index in [0.29, 0.717) is 0 Å². The fourth-order valence-electron chi connectivity index (χ4n) is 0. The van der Waals surface area contributed by atoms with Crippen LogP contribution in [0.5, 0.6) is 0 Å². The normalized spacial score (nSPS) is 6.50. The predicted molar refractivity (Wildman–Crippen MR) is 16.4 cm³/mol. The molecule has 0 aromatic rings. The molecule has 0 saturated heterocycles. The molecule has 0 radical (unpaired) electrons. The van der Waals surface area contributed by atoms with Crippen LogP contribution in [-0.2, 0) is 18.1 Å². The zero-order valence-electron chi connectivity index (χ0n) is 2.64. The fraction of sp³-hybridized carbons (Fsp3) is 0.667. The Balaban J connectivity index is 2.30. The molecule has 0 aliphatic carbocycles. The molecule has 0 spiro atoms. The summed E-state index contributed by atoms with van der Waals surface area (Å²) >= 11 is 1.90. The van der Waals surface area contributed by atoms with Gasteiger partial charge in [0.2, 0.25) is 0 Å². The molecule has 0 atom stereocenters. The average Bonchev–Trinajstić information content (AvgIpc) is 1.37. The van der Waals surface area contributed by atoms with Crippen LogP contribution >= 0.6 is 0 Å². The maximum absolute atomic E-state index is 2.15. The van der Waals surface area contributed by atoms with Crippen LogP contribution in [0.4, 0.5) is 0 Å². The van der Waals surface area contributed by atoms with Crippen molar-refractivity contribution < 1.29 is 18.1 Å². The van der Waals surface area contributed by atoms with Crippen LogP contribution < -0.4 is 0 Å². The summed E-state index contributed by atoms with van der Waals surface area (Å²) in [6, 6.07) is 0. The zero-order valence-corrected chi connectivity index (χ0v) is 5.18. The van der Waals surface area contributed by atoms with Gasteiger partial charge in [-0.1, -0.05) is 0 Å². The SMILES string of the molecule is CC[CH]=[Os]. The standard InChI is InChI=1S/C3H6.Os/c1-3-2;/h1H,3H2,2H3;. The summed E-state index contributed by atoms with van der Waals surface area (Å²) in [5.41, 5.74) is 0. The molecule has 0 bridgehead atoms. The molecule has 1 heteroatoms. The van der Waals surface area contributed by atoms with E-state index in [1.165, 1.54) is 6.42 Å². The van der Waals surface area contributed by atoms with Crippen molar-refractivity contribution >= 4 is 4.57 Å². The van der Waals surface area contributed by atoms with Crippen LogP contribution in [0.1, 0.15) is 13.3 Å². The van der Waals surface area contributed by atoms with Crippen LogP contribution in [0.2, 0.25) is 0 Å². The second-order valence-electron chi connectivity index (χ2n) is 0.553. The van der Waals surface area contributed by atoms with E-state index in [0.717, 1.165) is 0 Å². The molecule has 0 saturated carbocycles. The molecule has 0 heterocycles. The monoisotopic (exact) mass is 234 g/mol. The molecular formula is C3H6Os. The van der Waals surface area contributed by atoms with Crippen molar-refractivity contribution in [3.8, 4) is 0 Å². The molecule has 0 aromatic heterocycles. The third kappa shape index (κ3) is 2.51. The number of hydrogen-bond acceptors (Lipinski definition) is 0. The van der Waals surface area contributed by atoms with Crippen LogP contribution in [0.3, 0.4) is 0 Å². The van der Waals surface area contributed by atoms with E-state index in [9.17, 15) is 0 Å². The molecule has 0 aliphatic rings. The van der Waals surface area contributed by atoms with Crippen molar-refractivity contribution in [1.29, 1.82) is 0 Å². The van der Waals surface area contributed by atoms with Gasteiger partial charge in [0.1, 0.15) is 0 Å². The third-order valence-corrected chi connectivity index (χ3v) is 1.18. The molecular weight excluding hydrogens is 226 g/mol. The molecule has 0 aromatic carbocycles. The summed E-state index contributed by atoms with van der Waals surface area (Å²) in [6.07, 6.45) is 1.21. The topological polar surface area (TPSA) is 0 Å². The van der Waals surface area contributed by atoms with Gasteiger partial charge >= 0.3 is 36.1 Å². The zero-order chi connectivity index (χ0) is 3.41. The van der Waals surface area contributed by atoms with E-state index in [2.05, 4.69) is 11.5 Å².